The van der Waals surface area contributed by atoms with Gasteiger partial charge in [0.1, 0.15) is 5.76 Å². The summed E-state index contributed by atoms with van der Waals surface area (Å²) in [5, 5.41) is 10.5. The third kappa shape index (κ3) is 3.64. The van der Waals surface area contributed by atoms with Crippen molar-refractivity contribution in [3.05, 3.63) is 17.5 Å². The van der Waals surface area contributed by atoms with Crippen molar-refractivity contribution in [1.82, 2.24) is 20.7 Å². The maximum atomic E-state index is 12.4. The number of likely N-dealkylation sites (tertiary alicyclic amines) is 1. The van der Waals surface area contributed by atoms with Crippen LogP contribution in [-0.4, -0.2) is 54.7 Å². The summed E-state index contributed by atoms with van der Waals surface area (Å²) in [6.07, 6.45) is 4.85. The average molecular weight is 332 g/mol. The molecule has 0 bridgehead atoms. The fourth-order valence-corrected chi connectivity index (χ4v) is 4.03. The number of rotatable bonds is 5. The highest BCUT2D eigenvalue weighted by Gasteiger charge is 2.33. The molecule has 1 aromatic rings. The van der Waals surface area contributed by atoms with Gasteiger partial charge in [-0.15, -0.1) is 0 Å². The van der Waals surface area contributed by atoms with Crippen LogP contribution in [-0.2, 0) is 0 Å². The normalized spacial score (nSPS) is 29.0. The number of carbonyl (C=O) groups is 1. The molecule has 1 saturated carbocycles. The average Bonchev–Trinajstić information content (AvgIpc) is 3.21. The molecular weight excluding hydrogens is 304 g/mol. The molecule has 6 nitrogen and oxygen atoms in total. The second-order valence-electron chi connectivity index (χ2n) is 7.86. The van der Waals surface area contributed by atoms with Crippen LogP contribution in [0.3, 0.4) is 0 Å². The van der Waals surface area contributed by atoms with Crippen LogP contribution in [0, 0.1) is 11.8 Å². The van der Waals surface area contributed by atoms with Crippen molar-refractivity contribution in [2.75, 3.05) is 32.7 Å². The molecule has 132 valence electrons. The number of aromatic nitrogens is 1. The van der Waals surface area contributed by atoms with Crippen LogP contribution in [0.4, 0.5) is 0 Å². The maximum Gasteiger partial charge on any atom is 0.273 e. The van der Waals surface area contributed by atoms with Gasteiger partial charge in [-0.2, -0.15) is 0 Å². The minimum atomic E-state index is -0.0915. The molecule has 0 radical (unpaired) electrons. The summed E-state index contributed by atoms with van der Waals surface area (Å²) in [4.78, 5) is 15.0. The highest BCUT2D eigenvalue weighted by molar-refractivity contribution is 5.92. The summed E-state index contributed by atoms with van der Waals surface area (Å²) in [6.45, 7) is 7.69. The van der Waals surface area contributed by atoms with E-state index >= 15 is 0 Å². The quantitative estimate of drug-likeness (QED) is 0.857. The Balaban J connectivity index is 1.29. The van der Waals surface area contributed by atoms with Gasteiger partial charge in [0.25, 0.3) is 5.91 Å². The second-order valence-corrected chi connectivity index (χ2v) is 7.86. The van der Waals surface area contributed by atoms with Gasteiger partial charge >= 0.3 is 0 Å². The highest BCUT2D eigenvalue weighted by atomic mass is 16.5. The van der Waals surface area contributed by atoms with Gasteiger partial charge in [-0.25, -0.2) is 0 Å². The fourth-order valence-electron chi connectivity index (χ4n) is 4.03. The summed E-state index contributed by atoms with van der Waals surface area (Å²) in [5.41, 5.74) is 0.431. The first kappa shape index (κ1) is 16.1. The van der Waals surface area contributed by atoms with Crippen LogP contribution >= 0.6 is 0 Å². The molecule has 2 saturated heterocycles. The van der Waals surface area contributed by atoms with E-state index in [4.69, 9.17) is 4.52 Å². The van der Waals surface area contributed by atoms with Crippen LogP contribution in [0.25, 0.3) is 0 Å². The first-order chi connectivity index (χ1) is 11.7. The lowest BCUT2D eigenvalue weighted by atomic mass is 9.98. The molecule has 1 amide bonds. The Morgan fingerprint density at radius 1 is 1.33 bits per heavy atom. The molecule has 4 rings (SSSR count). The highest BCUT2D eigenvalue weighted by Crippen LogP contribution is 2.40. The fraction of sp³-hybridized carbons (Fsp3) is 0.778. The Kier molecular flexibility index (Phi) is 4.59. The standard InChI is InChI=1S/C18H28N4O2/c1-12-9-22(10-13-4-6-19-7-5-13)11-16(12)20-18(23)15-8-17(24-21-15)14-2-3-14/h8,12-14,16,19H,2-7,9-11H2,1H3,(H,20,23)/t12-,16-/m1/s1. The van der Waals surface area contributed by atoms with E-state index in [1.807, 2.05) is 6.07 Å². The van der Waals surface area contributed by atoms with E-state index in [1.165, 1.54) is 12.8 Å². The van der Waals surface area contributed by atoms with Crippen molar-refractivity contribution in [2.45, 2.75) is 44.6 Å². The van der Waals surface area contributed by atoms with Crippen molar-refractivity contribution in [3.63, 3.8) is 0 Å². The topological polar surface area (TPSA) is 70.4 Å². The van der Waals surface area contributed by atoms with Crippen LogP contribution in [0.5, 0.6) is 0 Å². The third-order valence-corrected chi connectivity index (χ3v) is 5.72. The van der Waals surface area contributed by atoms with Crippen molar-refractivity contribution in [3.8, 4) is 0 Å². The van der Waals surface area contributed by atoms with E-state index in [9.17, 15) is 4.79 Å². The van der Waals surface area contributed by atoms with Gasteiger partial charge in [0.2, 0.25) is 0 Å². The molecule has 1 aliphatic carbocycles. The van der Waals surface area contributed by atoms with E-state index in [2.05, 4.69) is 27.6 Å². The van der Waals surface area contributed by atoms with Gasteiger partial charge in [-0.1, -0.05) is 12.1 Å². The van der Waals surface area contributed by atoms with E-state index in [0.29, 0.717) is 17.5 Å². The lowest BCUT2D eigenvalue weighted by Gasteiger charge is -2.27. The lowest BCUT2D eigenvalue weighted by molar-refractivity contribution is 0.0921. The summed E-state index contributed by atoms with van der Waals surface area (Å²) < 4.78 is 5.30. The number of carbonyl (C=O) groups excluding carboxylic acids is 1. The smallest absolute Gasteiger partial charge is 0.273 e. The van der Waals surface area contributed by atoms with Gasteiger partial charge in [0.05, 0.1) is 0 Å². The van der Waals surface area contributed by atoms with E-state index in [0.717, 1.165) is 57.2 Å². The number of nitrogens with one attached hydrogen (secondary N) is 2. The van der Waals surface area contributed by atoms with Gasteiger partial charge in [-0.05, 0) is 50.6 Å². The third-order valence-electron chi connectivity index (χ3n) is 5.72. The van der Waals surface area contributed by atoms with Crippen molar-refractivity contribution < 1.29 is 9.32 Å². The Hall–Kier alpha value is -1.40. The molecule has 0 unspecified atom stereocenters. The number of piperidine rings is 1. The van der Waals surface area contributed by atoms with Crippen molar-refractivity contribution in [1.29, 1.82) is 0 Å². The molecule has 1 aromatic heterocycles. The zero-order chi connectivity index (χ0) is 16.5. The molecule has 2 N–H and O–H groups in total. The molecule has 3 heterocycles. The number of amides is 1. The Morgan fingerprint density at radius 2 is 2.12 bits per heavy atom. The second kappa shape index (κ2) is 6.84. The minimum Gasteiger partial charge on any atom is -0.360 e. The minimum absolute atomic E-state index is 0.0915. The SMILES string of the molecule is C[C@@H]1CN(CC2CCNCC2)C[C@H]1NC(=O)c1cc(C2CC2)on1. The number of nitrogens with zero attached hydrogens (tertiary/aromatic N) is 2. The summed E-state index contributed by atoms with van der Waals surface area (Å²) >= 11 is 0. The molecule has 3 aliphatic rings. The van der Waals surface area contributed by atoms with Crippen LogP contribution in [0.2, 0.25) is 0 Å². The zero-order valence-electron chi connectivity index (χ0n) is 14.5. The molecule has 6 heteroatoms. The van der Waals surface area contributed by atoms with E-state index in [1.54, 1.807) is 0 Å². The predicted octanol–water partition coefficient (Wildman–Crippen LogP) is 1.60. The van der Waals surface area contributed by atoms with Crippen LogP contribution < -0.4 is 10.6 Å². The molecule has 0 aromatic carbocycles. The van der Waals surface area contributed by atoms with E-state index < -0.39 is 0 Å². The monoisotopic (exact) mass is 332 g/mol. The van der Waals surface area contributed by atoms with Gasteiger partial charge in [-0.3, -0.25) is 4.79 Å². The number of hydrogen-bond acceptors (Lipinski definition) is 5. The summed E-state index contributed by atoms with van der Waals surface area (Å²) in [6, 6.07) is 2.03. The molecule has 2 aliphatic heterocycles. The van der Waals surface area contributed by atoms with Crippen molar-refractivity contribution in [2.24, 2.45) is 11.8 Å². The molecule has 24 heavy (non-hydrogen) atoms. The van der Waals surface area contributed by atoms with Crippen molar-refractivity contribution >= 4 is 5.91 Å². The summed E-state index contributed by atoms with van der Waals surface area (Å²) in [5.74, 6) is 2.54. The van der Waals surface area contributed by atoms with Gasteiger partial charge < -0.3 is 20.1 Å². The molecular formula is C18H28N4O2. The molecule has 3 fully saturated rings. The molecule has 0 spiro atoms. The first-order valence-corrected chi connectivity index (χ1v) is 9.39. The van der Waals surface area contributed by atoms with Crippen LogP contribution in [0.15, 0.2) is 10.6 Å². The van der Waals surface area contributed by atoms with E-state index in [-0.39, 0.29) is 11.9 Å². The lowest BCUT2D eigenvalue weighted by Crippen LogP contribution is -2.41. The molecule has 2 atom stereocenters. The Bertz CT molecular complexity index is 577. The summed E-state index contributed by atoms with van der Waals surface area (Å²) in [7, 11) is 0. The first-order valence-electron chi connectivity index (χ1n) is 9.39. The zero-order valence-corrected chi connectivity index (χ0v) is 14.5. The largest absolute Gasteiger partial charge is 0.360 e. The Morgan fingerprint density at radius 3 is 2.88 bits per heavy atom. The number of hydrogen-bond donors (Lipinski definition) is 2. The Labute approximate surface area is 143 Å². The maximum absolute atomic E-state index is 12.4. The predicted molar refractivity (Wildman–Crippen MR) is 90.9 cm³/mol. The van der Waals surface area contributed by atoms with Gasteiger partial charge in [0.15, 0.2) is 5.69 Å². The van der Waals surface area contributed by atoms with Gasteiger partial charge in [0, 0.05) is 37.7 Å². The van der Waals surface area contributed by atoms with Crippen LogP contribution in [0.1, 0.15) is 54.8 Å².